The van der Waals surface area contributed by atoms with E-state index < -0.39 is 11.9 Å². The van der Waals surface area contributed by atoms with Crippen LogP contribution < -0.4 is 4.74 Å². The molecule has 33 heavy (non-hydrogen) atoms. The van der Waals surface area contributed by atoms with Gasteiger partial charge in [-0.05, 0) is 54.4 Å². The van der Waals surface area contributed by atoms with E-state index in [1.165, 1.54) is 23.1 Å². The highest BCUT2D eigenvalue weighted by molar-refractivity contribution is 6.21. The van der Waals surface area contributed by atoms with Crippen LogP contribution in [0, 0.1) is 0 Å². The van der Waals surface area contributed by atoms with Crippen molar-refractivity contribution >= 4 is 17.8 Å². The Bertz CT molecular complexity index is 1170. The Labute approximate surface area is 191 Å². The average Bonchev–Trinajstić information content (AvgIpc) is 3.08. The van der Waals surface area contributed by atoms with Gasteiger partial charge < -0.3 is 14.2 Å². The number of hydrogen-bond donors (Lipinski definition) is 0. The summed E-state index contributed by atoms with van der Waals surface area (Å²) in [7, 11) is 1.56. The number of benzene rings is 3. The second-order valence-corrected chi connectivity index (χ2v) is 7.51. The first-order valence-corrected chi connectivity index (χ1v) is 10.5. The Hall–Kier alpha value is -3.97. The summed E-state index contributed by atoms with van der Waals surface area (Å²) in [5.74, 6) is -0.0109. The standard InChI is InChI=1S/C26H23NO6/c1-31-14-6-13-27-24(28)22-12-11-19(16-23(22)25(27)29)26(30)32-17-18-7-5-10-21(15-18)33-20-8-3-2-4-9-20/h2-5,7-12,15-16H,6,13-14,17H2,1H3. The molecule has 0 saturated carbocycles. The van der Waals surface area contributed by atoms with E-state index in [2.05, 4.69) is 0 Å². The van der Waals surface area contributed by atoms with Gasteiger partial charge in [0.2, 0.25) is 0 Å². The SMILES string of the molecule is COCCCN1C(=O)c2ccc(C(=O)OCc3cccc(Oc4ccccc4)c3)cc2C1=O. The molecule has 7 heteroatoms. The van der Waals surface area contributed by atoms with Crippen LogP contribution in [0.3, 0.4) is 0 Å². The van der Waals surface area contributed by atoms with Gasteiger partial charge in [0.05, 0.1) is 16.7 Å². The molecular weight excluding hydrogens is 422 g/mol. The number of carbonyl (C=O) groups excluding carboxylic acids is 3. The predicted molar refractivity (Wildman–Crippen MR) is 120 cm³/mol. The number of methoxy groups -OCH3 is 1. The van der Waals surface area contributed by atoms with Crippen LogP contribution in [-0.4, -0.2) is 42.9 Å². The monoisotopic (exact) mass is 445 g/mol. The molecule has 0 unspecified atom stereocenters. The molecule has 168 valence electrons. The predicted octanol–water partition coefficient (Wildman–Crippen LogP) is 4.47. The Morgan fingerprint density at radius 1 is 0.848 bits per heavy atom. The van der Waals surface area contributed by atoms with E-state index in [0.717, 1.165) is 5.56 Å². The van der Waals surface area contributed by atoms with Crippen LogP contribution in [0.25, 0.3) is 0 Å². The van der Waals surface area contributed by atoms with E-state index in [9.17, 15) is 14.4 Å². The van der Waals surface area contributed by atoms with Gasteiger partial charge in [-0.3, -0.25) is 14.5 Å². The van der Waals surface area contributed by atoms with Gasteiger partial charge in [-0.1, -0.05) is 30.3 Å². The molecule has 0 radical (unpaired) electrons. The summed E-state index contributed by atoms with van der Waals surface area (Å²) in [6, 6.07) is 21.1. The van der Waals surface area contributed by atoms with Crippen molar-refractivity contribution in [1.29, 1.82) is 0 Å². The normalized spacial score (nSPS) is 12.6. The van der Waals surface area contributed by atoms with Gasteiger partial charge in [0.1, 0.15) is 18.1 Å². The summed E-state index contributed by atoms with van der Waals surface area (Å²) in [6.07, 6.45) is 0.546. The van der Waals surface area contributed by atoms with Gasteiger partial charge >= 0.3 is 5.97 Å². The number of nitrogens with zero attached hydrogens (tertiary/aromatic N) is 1. The van der Waals surface area contributed by atoms with Gasteiger partial charge in [-0.2, -0.15) is 0 Å². The van der Waals surface area contributed by atoms with Crippen molar-refractivity contribution < 1.29 is 28.6 Å². The maximum Gasteiger partial charge on any atom is 0.338 e. The number of fused-ring (bicyclic) bond motifs is 1. The molecule has 1 aliphatic rings. The molecular formula is C26H23NO6. The van der Waals surface area contributed by atoms with Gasteiger partial charge in [0.25, 0.3) is 11.8 Å². The zero-order valence-electron chi connectivity index (χ0n) is 18.2. The zero-order valence-corrected chi connectivity index (χ0v) is 18.2. The number of amides is 2. The third-order valence-electron chi connectivity index (χ3n) is 5.18. The van der Waals surface area contributed by atoms with Crippen LogP contribution >= 0.6 is 0 Å². The van der Waals surface area contributed by atoms with Crippen LogP contribution in [-0.2, 0) is 16.1 Å². The van der Waals surface area contributed by atoms with E-state index in [1.54, 1.807) is 13.2 Å². The number of imide groups is 1. The number of carbonyl (C=O) groups is 3. The third kappa shape index (κ3) is 5.10. The highest BCUT2D eigenvalue weighted by atomic mass is 16.5. The molecule has 0 spiro atoms. The molecule has 0 aliphatic carbocycles. The fourth-order valence-corrected chi connectivity index (χ4v) is 3.54. The summed E-state index contributed by atoms with van der Waals surface area (Å²) in [4.78, 5) is 38.9. The van der Waals surface area contributed by atoms with Gasteiger partial charge in [-0.15, -0.1) is 0 Å². The van der Waals surface area contributed by atoms with E-state index >= 15 is 0 Å². The van der Waals surface area contributed by atoms with Crippen molar-refractivity contribution in [1.82, 2.24) is 4.90 Å². The Kier molecular flexibility index (Phi) is 6.80. The topological polar surface area (TPSA) is 82.1 Å². The minimum atomic E-state index is -0.578. The molecule has 1 heterocycles. The van der Waals surface area contributed by atoms with Gasteiger partial charge in [0, 0.05) is 20.3 Å². The van der Waals surface area contributed by atoms with Crippen molar-refractivity contribution in [2.75, 3.05) is 20.3 Å². The van der Waals surface area contributed by atoms with Gasteiger partial charge in [-0.25, -0.2) is 4.79 Å². The average molecular weight is 445 g/mol. The summed E-state index contributed by atoms with van der Waals surface area (Å²) in [5.41, 5.74) is 1.48. The van der Waals surface area contributed by atoms with Crippen molar-refractivity contribution in [2.45, 2.75) is 13.0 Å². The fourth-order valence-electron chi connectivity index (χ4n) is 3.54. The molecule has 0 atom stereocenters. The van der Waals surface area contributed by atoms with Crippen molar-refractivity contribution in [2.24, 2.45) is 0 Å². The molecule has 0 bridgehead atoms. The number of ether oxygens (including phenoxy) is 3. The summed E-state index contributed by atoms with van der Waals surface area (Å²) >= 11 is 0. The van der Waals surface area contributed by atoms with Crippen molar-refractivity contribution in [3.05, 3.63) is 95.1 Å². The molecule has 1 aliphatic heterocycles. The molecule has 7 nitrogen and oxygen atoms in total. The number of hydrogen-bond acceptors (Lipinski definition) is 6. The highest BCUT2D eigenvalue weighted by Gasteiger charge is 2.35. The Morgan fingerprint density at radius 3 is 2.39 bits per heavy atom. The lowest BCUT2D eigenvalue weighted by Gasteiger charge is -2.12. The van der Waals surface area contributed by atoms with E-state index in [0.29, 0.717) is 30.1 Å². The van der Waals surface area contributed by atoms with Crippen LogP contribution in [0.5, 0.6) is 11.5 Å². The van der Waals surface area contributed by atoms with Crippen LogP contribution in [0.4, 0.5) is 0 Å². The van der Waals surface area contributed by atoms with Crippen molar-refractivity contribution in [3.8, 4) is 11.5 Å². The highest BCUT2D eigenvalue weighted by Crippen LogP contribution is 2.25. The Balaban J connectivity index is 1.40. The first kappa shape index (κ1) is 22.2. The number of para-hydroxylation sites is 1. The number of esters is 1. The van der Waals surface area contributed by atoms with E-state index in [1.807, 2.05) is 48.5 Å². The lowest BCUT2D eigenvalue weighted by molar-refractivity contribution is 0.0472. The quantitative estimate of drug-likeness (QED) is 0.275. The molecule has 0 aromatic heterocycles. The maximum atomic E-state index is 12.6. The molecule has 0 saturated heterocycles. The largest absolute Gasteiger partial charge is 0.457 e. The second kappa shape index (κ2) is 10.1. The molecule has 3 aromatic rings. The maximum absolute atomic E-state index is 12.6. The third-order valence-corrected chi connectivity index (χ3v) is 5.18. The van der Waals surface area contributed by atoms with Gasteiger partial charge in [0.15, 0.2) is 0 Å². The van der Waals surface area contributed by atoms with Crippen LogP contribution in [0.1, 0.15) is 43.1 Å². The smallest absolute Gasteiger partial charge is 0.338 e. The molecule has 4 rings (SSSR count). The van der Waals surface area contributed by atoms with Crippen LogP contribution in [0.15, 0.2) is 72.8 Å². The molecule has 0 fully saturated rings. The molecule has 2 amide bonds. The summed E-state index contributed by atoms with van der Waals surface area (Å²) in [5, 5.41) is 0. The lowest BCUT2D eigenvalue weighted by atomic mass is 10.1. The minimum absolute atomic E-state index is 0.0396. The van der Waals surface area contributed by atoms with Crippen molar-refractivity contribution in [3.63, 3.8) is 0 Å². The molecule has 3 aromatic carbocycles. The summed E-state index contributed by atoms with van der Waals surface area (Å²) in [6.45, 7) is 0.752. The fraction of sp³-hybridized carbons (Fsp3) is 0.192. The first-order valence-electron chi connectivity index (χ1n) is 10.5. The first-order chi connectivity index (χ1) is 16.1. The molecule has 0 N–H and O–H groups in total. The lowest BCUT2D eigenvalue weighted by Crippen LogP contribution is -2.31. The van der Waals surface area contributed by atoms with Crippen LogP contribution in [0.2, 0.25) is 0 Å². The Morgan fingerprint density at radius 2 is 1.61 bits per heavy atom. The minimum Gasteiger partial charge on any atom is -0.457 e. The summed E-state index contributed by atoms with van der Waals surface area (Å²) < 4.78 is 16.2. The second-order valence-electron chi connectivity index (χ2n) is 7.51. The number of rotatable bonds is 9. The van der Waals surface area contributed by atoms with E-state index in [4.69, 9.17) is 14.2 Å². The van der Waals surface area contributed by atoms with E-state index in [-0.39, 0.29) is 30.2 Å². The zero-order chi connectivity index (χ0) is 23.2.